The molecule has 28 heavy (non-hydrogen) atoms. The Morgan fingerprint density at radius 2 is 1.71 bits per heavy atom. The minimum atomic E-state index is -0.187. The first-order valence-corrected chi connectivity index (χ1v) is 9.53. The van der Waals surface area contributed by atoms with Gasteiger partial charge < -0.3 is 9.64 Å². The number of methoxy groups -OCH3 is 1. The number of hydrogen-bond acceptors (Lipinski definition) is 6. The molecule has 0 radical (unpaired) electrons. The van der Waals surface area contributed by atoms with Gasteiger partial charge in [0.25, 0.3) is 5.95 Å². The Hall–Kier alpha value is -2.77. The summed E-state index contributed by atoms with van der Waals surface area (Å²) in [7, 11) is 1.41. The fourth-order valence-corrected chi connectivity index (χ4v) is 3.72. The summed E-state index contributed by atoms with van der Waals surface area (Å²) in [6.07, 6.45) is 1.57. The number of esters is 1. The lowest BCUT2D eigenvalue weighted by molar-refractivity contribution is -0.148. The number of carbonyl (C=O) groups excluding carboxylic acids is 2. The topological polar surface area (TPSA) is 90.2 Å². The van der Waals surface area contributed by atoms with Crippen LogP contribution in [0, 0.1) is 33.6 Å². The Bertz CT molecular complexity index is 877. The molecule has 3 heterocycles. The van der Waals surface area contributed by atoms with E-state index in [9.17, 15) is 9.59 Å². The molecule has 0 aliphatic carbocycles. The maximum atomic E-state index is 12.8. The van der Waals surface area contributed by atoms with Gasteiger partial charge in [-0.15, -0.1) is 0 Å². The highest BCUT2D eigenvalue weighted by Crippen LogP contribution is 2.22. The number of hydrogen-bond donors (Lipinski definition) is 0. The summed E-state index contributed by atoms with van der Waals surface area (Å²) in [6.45, 7) is 8.83. The maximum Gasteiger partial charge on any atom is 0.308 e. The van der Waals surface area contributed by atoms with E-state index in [0.29, 0.717) is 31.9 Å². The standard InChI is InChI=1S/C20H27N5O3/c1-12-10-13(2)22-20(21-12)25-15(4)17(14(3)23-25)11-18(26)24-8-6-16(7-9-24)19(27)28-5/h10,16H,6-9,11H2,1-5H3. The van der Waals surface area contributed by atoms with Crippen molar-refractivity contribution in [1.29, 1.82) is 0 Å². The fraction of sp³-hybridized carbons (Fsp3) is 0.550. The number of ether oxygens (including phenoxy) is 1. The molecule has 1 aliphatic heterocycles. The Kier molecular flexibility index (Phi) is 5.76. The number of likely N-dealkylation sites (tertiary alicyclic amines) is 1. The molecule has 2 aromatic heterocycles. The predicted octanol–water partition coefficient (Wildman–Crippen LogP) is 1.85. The number of rotatable bonds is 4. The molecule has 1 fully saturated rings. The number of aromatic nitrogens is 4. The van der Waals surface area contributed by atoms with E-state index in [1.54, 1.807) is 4.68 Å². The van der Waals surface area contributed by atoms with Crippen LogP contribution in [0.15, 0.2) is 6.07 Å². The Morgan fingerprint density at radius 3 is 2.29 bits per heavy atom. The normalized spacial score (nSPS) is 15.0. The van der Waals surface area contributed by atoms with Crippen molar-refractivity contribution >= 4 is 11.9 Å². The molecule has 0 unspecified atom stereocenters. The highest BCUT2D eigenvalue weighted by Gasteiger charge is 2.28. The lowest BCUT2D eigenvalue weighted by Crippen LogP contribution is -2.41. The number of piperidine rings is 1. The maximum absolute atomic E-state index is 12.8. The Balaban J connectivity index is 1.74. The van der Waals surface area contributed by atoms with Crippen molar-refractivity contribution in [1.82, 2.24) is 24.6 Å². The van der Waals surface area contributed by atoms with Crippen LogP contribution in [-0.2, 0) is 20.7 Å². The van der Waals surface area contributed by atoms with Gasteiger partial charge in [-0.3, -0.25) is 9.59 Å². The summed E-state index contributed by atoms with van der Waals surface area (Å²) < 4.78 is 6.52. The van der Waals surface area contributed by atoms with E-state index in [1.165, 1.54) is 7.11 Å². The molecule has 8 nitrogen and oxygen atoms in total. The summed E-state index contributed by atoms with van der Waals surface area (Å²) in [5, 5.41) is 4.57. The van der Waals surface area contributed by atoms with Crippen LogP contribution in [0.3, 0.4) is 0 Å². The van der Waals surface area contributed by atoms with Gasteiger partial charge in [-0.1, -0.05) is 0 Å². The molecule has 2 aromatic rings. The number of aryl methyl sites for hydroxylation is 3. The first-order valence-electron chi connectivity index (χ1n) is 9.53. The molecule has 150 valence electrons. The number of amides is 1. The molecule has 3 rings (SSSR count). The molecule has 8 heteroatoms. The monoisotopic (exact) mass is 385 g/mol. The first kappa shape index (κ1) is 20.0. The van der Waals surface area contributed by atoms with E-state index in [-0.39, 0.29) is 24.2 Å². The molecule has 0 aromatic carbocycles. The van der Waals surface area contributed by atoms with Crippen LogP contribution in [0.4, 0.5) is 0 Å². The van der Waals surface area contributed by atoms with Gasteiger partial charge in [0.1, 0.15) is 0 Å². The molecule has 0 spiro atoms. The highest BCUT2D eigenvalue weighted by molar-refractivity contribution is 5.80. The summed E-state index contributed by atoms with van der Waals surface area (Å²) in [5.74, 6) is 0.279. The van der Waals surface area contributed by atoms with Crippen molar-refractivity contribution in [3.05, 3.63) is 34.4 Å². The second-order valence-corrected chi connectivity index (χ2v) is 7.37. The fourth-order valence-electron chi connectivity index (χ4n) is 3.72. The largest absolute Gasteiger partial charge is 0.469 e. The second-order valence-electron chi connectivity index (χ2n) is 7.37. The molecule has 1 amide bonds. The Morgan fingerprint density at radius 1 is 1.11 bits per heavy atom. The van der Waals surface area contributed by atoms with Gasteiger partial charge >= 0.3 is 5.97 Å². The van der Waals surface area contributed by atoms with E-state index in [0.717, 1.165) is 28.3 Å². The van der Waals surface area contributed by atoms with Crippen molar-refractivity contribution in [2.75, 3.05) is 20.2 Å². The minimum absolute atomic E-state index is 0.0513. The molecule has 0 bridgehead atoms. The average molecular weight is 385 g/mol. The third-order valence-corrected chi connectivity index (χ3v) is 5.31. The third-order valence-electron chi connectivity index (χ3n) is 5.31. The van der Waals surface area contributed by atoms with Crippen molar-refractivity contribution in [3.63, 3.8) is 0 Å². The molecular formula is C20H27N5O3. The van der Waals surface area contributed by atoms with Crippen molar-refractivity contribution in [2.45, 2.75) is 47.0 Å². The predicted molar refractivity (Wildman–Crippen MR) is 103 cm³/mol. The molecule has 0 N–H and O–H groups in total. The van der Waals surface area contributed by atoms with Crippen LogP contribution in [0.5, 0.6) is 0 Å². The summed E-state index contributed by atoms with van der Waals surface area (Å²) in [5.41, 5.74) is 4.34. The molecular weight excluding hydrogens is 358 g/mol. The second kappa shape index (κ2) is 8.08. The van der Waals surface area contributed by atoms with Gasteiger partial charge in [0.15, 0.2) is 0 Å². The van der Waals surface area contributed by atoms with Gasteiger partial charge in [0.05, 0.1) is 25.1 Å². The zero-order valence-corrected chi connectivity index (χ0v) is 17.2. The molecule has 0 saturated carbocycles. The zero-order valence-electron chi connectivity index (χ0n) is 17.2. The first-order chi connectivity index (χ1) is 13.3. The van der Waals surface area contributed by atoms with Crippen molar-refractivity contribution in [2.24, 2.45) is 5.92 Å². The van der Waals surface area contributed by atoms with Crippen LogP contribution in [0.1, 0.15) is 41.2 Å². The van der Waals surface area contributed by atoms with Crippen LogP contribution < -0.4 is 0 Å². The zero-order chi connectivity index (χ0) is 20.4. The van der Waals surface area contributed by atoms with Gasteiger partial charge in [-0.2, -0.15) is 5.10 Å². The molecule has 1 saturated heterocycles. The smallest absolute Gasteiger partial charge is 0.308 e. The number of carbonyl (C=O) groups is 2. The highest BCUT2D eigenvalue weighted by atomic mass is 16.5. The average Bonchev–Trinajstić information content (AvgIpc) is 2.95. The van der Waals surface area contributed by atoms with Crippen LogP contribution in [-0.4, -0.2) is 56.7 Å². The van der Waals surface area contributed by atoms with E-state index < -0.39 is 0 Å². The lowest BCUT2D eigenvalue weighted by atomic mass is 9.96. The summed E-state index contributed by atoms with van der Waals surface area (Å²) in [4.78, 5) is 35.2. The van der Waals surface area contributed by atoms with Crippen LogP contribution in [0.25, 0.3) is 5.95 Å². The quantitative estimate of drug-likeness (QED) is 0.746. The Labute approximate surface area is 164 Å². The summed E-state index contributed by atoms with van der Waals surface area (Å²) >= 11 is 0. The van der Waals surface area contributed by atoms with E-state index >= 15 is 0 Å². The van der Waals surface area contributed by atoms with Crippen molar-refractivity contribution < 1.29 is 14.3 Å². The number of nitrogens with zero attached hydrogens (tertiary/aromatic N) is 5. The lowest BCUT2D eigenvalue weighted by Gasteiger charge is -2.30. The van der Waals surface area contributed by atoms with E-state index in [1.807, 2.05) is 38.7 Å². The van der Waals surface area contributed by atoms with Crippen LogP contribution in [0.2, 0.25) is 0 Å². The van der Waals surface area contributed by atoms with Crippen molar-refractivity contribution in [3.8, 4) is 5.95 Å². The van der Waals surface area contributed by atoms with E-state index in [4.69, 9.17) is 4.74 Å². The molecule has 1 aliphatic rings. The van der Waals surface area contributed by atoms with Crippen LogP contribution >= 0.6 is 0 Å². The SMILES string of the molecule is COC(=O)C1CCN(C(=O)Cc2c(C)nn(-c3nc(C)cc(C)n3)c2C)CC1. The van der Waals surface area contributed by atoms with Gasteiger partial charge in [-0.25, -0.2) is 14.6 Å². The van der Waals surface area contributed by atoms with Gasteiger partial charge in [0.2, 0.25) is 5.91 Å². The van der Waals surface area contributed by atoms with Gasteiger partial charge in [-0.05, 0) is 46.6 Å². The van der Waals surface area contributed by atoms with E-state index in [2.05, 4.69) is 15.1 Å². The van der Waals surface area contributed by atoms with Gasteiger partial charge in [0, 0.05) is 35.7 Å². The summed E-state index contributed by atoms with van der Waals surface area (Å²) in [6, 6.07) is 1.91. The third kappa shape index (κ3) is 4.05. The minimum Gasteiger partial charge on any atom is -0.469 e. The molecule has 0 atom stereocenters.